The zero-order chi connectivity index (χ0) is 10.8. The summed E-state index contributed by atoms with van der Waals surface area (Å²) in [7, 11) is 0. The van der Waals surface area contributed by atoms with Gasteiger partial charge in [-0.25, -0.2) is 0 Å². The number of hydrogen-bond donors (Lipinski definition) is 4. The maximum Gasteiger partial charge on any atom is 1.00 e. The van der Waals surface area contributed by atoms with Crippen LogP contribution in [0.5, 0.6) is 0 Å². The third-order valence-corrected chi connectivity index (χ3v) is 3.74. The third-order valence-electron chi connectivity index (χ3n) is 0.907. The first-order valence-electron chi connectivity index (χ1n) is 2.42. The molecule has 0 saturated carbocycles. The van der Waals surface area contributed by atoms with Crippen molar-refractivity contribution in [3.05, 3.63) is 0 Å². The van der Waals surface area contributed by atoms with E-state index in [-0.39, 0.29) is 29.6 Å². The molecule has 0 radical (unpaired) electrons. The first kappa shape index (κ1) is 15.9. The minimum atomic E-state index is -5.28. The molecule has 0 heterocycles. The van der Waals surface area contributed by atoms with E-state index in [2.05, 4.69) is 0 Å². The summed E-state index contributed by atoms with van der Waals surface area (Å²) < 4.78 is 0. The molecule has 0 aromatic heterocycles. The van der Waals surface area contributed by atoms with Crippen LogP contribution >= 0.6 is 0 Å². The standard InChI is InChI=1S/4CHO2.Fe.Na/c4*2-1-3;;/h4*(H,2,3);;/q;;;;-1;+1. The van der Waals surface area contributed by atoms with Crippen LogP contribution < -0.4 is 29.6 Å². The minimum Gasteiger partial charge on any atom is 1.00 e. The predicted molar refractivity (Wildman–Crippen MR) is 32.1 cm³/mol. The van der Waals surface area contributed by atoms with Crippen LogP contribution in [0, 0.1) is 0 Å². The molecule has 0 rings (SSSR count). The molecule has 0 spiro atoms. The maximum absolute atomic E-state index is 10.3. The van der Waals surface area contributed by atoms with Crippen molar-refractivity contribution in [3.63, 3.8) is 0 Å². The number of hydrogen-bond acceptors (Lipinski definition) is 4. The Labute approximate surface area is 101 Å². The molecule has 4 N–H and O–H groups in total. The molecule has 0 aliphatic heterocycles. The summed E-state index contributed by atoms with van der Waals surface area (Å²) >= 11 is -5.28. The summed E-state index contributed by atoms with van der Waals surface area (Å²) in [4.78, 5) is 31.7. The predicted octanol–water partition coefficient (Wildman–Crippen LogP) is -2.14. The minimum absolute atomic E-state index is 0. The summed E-state index contributed by atoms with van der Waals surface area (Å²) in [6.45, 7) is 0. The van der Waals surface area contributed by atoms with E-state index in [9.17, 15) is 19.2 Å². The molecule has 0 amide bonds. The van der Waals surface area contributed by atoms with Crippen molar-refractivity contribution in [2.24, 2.45) is 0 Å². The first-order valence-corrected chi connectivity index (χ1v) is 4.63. The Morgan fingerprint density at radius 1 is 0.643 bits per heavy atom. The molecule has 0 aliphatic carbocycles. The van der Waals surface area contributed by atoms with Gasteiger partial charge >= 0.3 is 101 Å². The Kier molecular flexibility index (Phi) is 6.03. The summed E-state index contributed by atoms with van der Waals surface area (Å²) in [6.07, 6.45) is 0. The SMILES string of the molecule is O=[C](O)[Fe-]([C](=O)O)([C](=O)O)[C](=O)O.[Na+]. The Morgan fingerprint density at radius 3 is 0.786 bits per heavy atom. The molecule has 0 bridgehead atoms. The van der Waals surface area contributed by atoms with Crippen LogP contribution in [0.3, 0.4) is 0 Å². The van der Waals surface area contributed by atoms with Gasteiger partial charge in [-0.05, 0) is 0 Å². The Balaban J connectivity index is 0. The van der Waals surface area contributed by atoms with Crippen molar-refractivity contribution in [1.29, 1.82) is 0 Å². The molecule has 0 aromatic carbocycles. The van der Waals surface area contributed by atoms with Crippen LogP contribution in [0.4, 0.5) is 19.2 Å². The zero-order valence-electron chi connectivity index (χ0n) is 6.78. The van der Waals surface area contributed by atoms with E-state index in [1.165, 1.54) is 0 Å². The van der Waals surface area contributed by atoms with Crippen molar-refractivity contribution in [2.75, 3.05) is 0 Å². The van der Waals surface area contributed by atoms with E-state index in [1.54, 1.807) is 0 Å². The quantitative estimate of drug-likeness (QED) is 0.417. The van der Waals surface area contributed by atoms with Gasteiger partial charge in [-0.3, -0.25) is 0 Å². The first-order chi connectivity index (χ1) is 5.77. The summed E-state index contributed by atoms with van der Waals surface area (Å²) in [5.74, 6) is 0. The Morgan fingerprint density at radius 2 is 0.786 bits per heavy atom. The van der Waals surface area contributed by atoms with Gasteiger partial charge in [0.2, 0.25) is 0 Å². The van der Waals surface area contributed by atoms with E-state index < -0.39 is 32.3 Å². The zero-order valence-corrected chi connectivity index (χ0v) is 9.88. The second-order valence-corrected chi connectivity index (χ2v) is 5.05. The van der Waals surface area contributed by atoms with Crippen molar-refractivity contribution in [3.8, 4) is 0 Å². The van der Waals surface area contributed by atoms with Gasteiger partial charge in [0.25, 0.3) is 0 Å². The van der Waals surface area contributed by atoms with Gasteiger partial charge in [0.15, 0.2) is 0 Å². The number of carboxylic acid groups (broad SMARTS) is 4. The molecular weight excluding hydrogens is 255 g/mol. The van der Waals surface area contributed by atoms with Crippen LogP contribution in [-0.2, 0) is 12.8 Å². The van der Waals surface area contributed by atoms with Crippen LogP contribution in [0.15, 0.2) is 0 Å². The normalized spacial score (nSPS) is 10.9. The van der Waals surface area contributed by atoms with Gasteiger partial charge < -0.3 is 0 Å². The Bertz CT molecular complexity index is 236. The largest absolute Gasteiger partial charge is 1.00 e. The van der Waals surface area contributed by atoms with Crippen LogP contribution in [0.2, 0.25) is 0 Å². The van der Waals surface area contributed by atoms with Crippen molar-refractivity contribution >= 4 is 19.5 Å². The fourth-order valence-electron chi connectivity index (χ4n) is 0.388. The van der Waals surface area contributed by atoms with Gasteiger partial charge in [-0.1, -0.05) is 0 Å². The summed E-state index contributed by atoms with van der Waals surface area (Å²) in [5.41, 5.74) is 0. The van der Waals surface area contributed by atoms with Gasteiger partial charge in [-0.2, -0.15) is 0 Å². The summed E-state index contributed by atoms with van der Waals surface area (Å²) in [5, 5.41) is 33.0. The van der Waals surface area contributed by atoms with Gasteiger partial charge in [0, 0.05) is 0 Å². The Hall–Kier alpha value is -0.601. The molecule has 0 saturated heterocycles. The maximum atomic E-state index is 10.3. The average Bonchev–Trinajstić information content (AvgIpc) is 1.82. The molecule has 0 fully saturated rings. The molecule has 8 nitrogen and oxygen atoms in total. The van der Waals surface area contributed by atoms with E-state index >= 15 is 0 Å². The molecule has 0 unspecified atom stereocenters. The number of rotatable bonds is 4. The molecule has 0 atom stereocenters. The monoisotopic (exact) mass is 259 g/mol. The van der Waals surface area contributed by atoms with Crippen molar-refractivity contribution < 1.29 is 82.0 Å². The smallest absolute Gasteiger partial charge is 1.00 e. The van der Waals surface area contributed by atoms with Crippen molar-refractivity contribution in [1.82, 2.24) is 0 Å². The summed E-state index contributed by atoms with van der Waals surface area (Å²) in [6, 6.07) is 0. The fraction of sp³-hybridized carbons (Fsp3) is 0. The number of carbonyl (C=O) groups is 4. The third kappa shape index (κ3) is 2.25. The van der Waals surface area contributed by atoms with E-state index in [0.717, 1.165) is 0 Å². The fourth-order valence-corrected chi connectivity index (χ4v) is 1.60. The van der Waals surface area contributed by atoms with Gasteiger partial charge in [0.05, 0.1) is 0 Å². The van der Waals surface area contributed by atoms with Crippen LogP contribution in [0.25, 0.3) is 0 Å². The van der Waals surface area contributed by atoms with Gasteiger partial charge in [-0.15, -0.1) is 0 Å². The van der Waals surface area contributed by atoms with Gasteiger partial charge in [0.1, 0.15) is 0 Å². The molecule has 0 aliphatic rings. The van der Waals surface area contributed by atoms with E-state index in [1.807, 2.05) is 0 Å². The second-order valence-electron chi connectivity index (χ2n) is 1.50. The molecule has 77 valence electrons. The topological polar surface area (TPSA) is 149 Å². The van der Waals surface area contributed by atoms with Crippen LogP contribution in [0.1, 0.15) is 0 Å². The molecule has 14 heavy (non-hydrogen) atoms. The van der Waals surface area contributed by atoms with E-state index in [0.29, 0.717) is 0 Å². The molecule has 10 heteroatoms. The van der Waals surface area contributed by atoms with Crippen LogP contribution in [-0.4, -0.2) is 39.9 Å². The molecule has 0 aromatic rings. The van der Waals surface area contributed by atoms with Crippen molar-refractivity contribution in [2.45, 2.75) is 0 Å². The molecular formula is C4H4FeNaO8. The average molecular weight is 259 g/mol. The van der Waals surface area contributed by atoms with E-state index in [4.69, 9.17) is 20.4 Å². The second kappa shape index (κ2) is 5.32.